The predicted molar refractivity (Wildman–Crippen MR) is 40.8 cm³/mol. The van der Waals surface area contributed by atoms with Crippen molar-refractivity contribution in [3.8, 4) is 0 Å². The highest BCUT2D eigenvalue weighted by Gasteiger charge is 2.69. The van der Waals surface area contributed by atoms with E-state index in [1.807, 2.05) is 0 Å². The molecule has 0 saturated heterocycles. The normalized spacial score (nSPS) is 75.5. The second-order valence-corrected chi connectivity index (χ2v) is 5.20. The van der Waals surface area contributed by atoms with E-state index in [4.69, 9.17) is 0 Å². The van der Waals surface area contributed by atoms with Crippen LogP contribution in [0.4, 0.5) is 0 Å². The monoisotopic (exact) mass is 150 g/mol. The Morgan fingerprint density at radius 1 is 0.818 bits per heavy atom. The van der Waals surface area contributed by atoms with Crippen molar-refractivity contribution in [3.05, 3.63) is 0 Å². The molecule has 0 spiro atoms. The molecule has 1 N–H and O–H groups in total. The van der Waals surface area contributed by atoms with Crippen LogP contribution in [-0.4, -0.2) is 11.2 Å². The van der Waals surface area contributed by atoms with Crippen LogP contribution < -0.4 is 0 Å². The van der Waals surface area contributed by atoms with E-state index in [1.165, 1.54) is 19.3 Å². The van der Waals surface area contributed by atoms with E-state index in [0.29, 0.717) is 0 Å². The van der Waals surface area contributed by atoms with Crippen molar-refractivity contribution < 1.29 is 5.11 Å². The van der Waals surface area contributed by atoms with Crippen molar-refractivity contribution in [2.75, 3.05) is 0 Å². The van der Waals surface area contributed by atoms with Crippen LogP contribution in [-0.2, 0) is 0 Å². The highest BCUT2D eigenvalue weighted by atomic mass is 16.3. The number of hydrogen-bond acceptors (Lipinski definition) is 1. The van der Waals surface area contributed by atoms with Crippen LogP contribution in [0.1, 0.15) is 19.3 Å². The largest absolute Gasteiger partial charge is 0.393 e. The van der Waals surface area contributed by atoms with E-state index in [-0.39, 0.29) is 6.10 Å². The lowest BCUT2D eigenvalue weighted by Crippen LogP contribution is -2.39. The van der Waals surface area contributed by atoms with E-state index in [0.717, 1.165) is 35.5 Å². The van der Waals surface area contributed by atoms with Crippen molar-refractivity contribution in [2.24, 2.45) is 35.5 Å². The van der Waals surface area contributed by atoms with Gasteiger partial charge in [0.2, 0.25) is 0 Å². The molecule has 4 aliphatic carbocycles. The van der Waals surface area contributed by atoms with Gasteiger partial charge in [-0.2, -0.15) is 0 Å². The maximum atomic E-state index is 9.85. The van der Waals surface area contributed by atoms with Crippen molar-refractivity contribution in [1.82, 2.24) is 0 Å². The highest BCUT2D eigenvalue weighted by Crippen LogP contribution is 2.72. The first-order valence-electron chi connectivity index (χ1n) is 5.04. The smallest absolute Gasteiger partial charge is 0.0602 e. The van der Waals surface area contributed by atoms with Gasteiger partial charge in [0.15, 0.2) is 0 Å². The van der Waals surface area contributed by atoms with Crippen LogP contribution in [0.15, 0.2) is 0 Å². The maximum absolute atomic E-state index is 9.85. The number of aliphatic hydroxyl groups is 1. The molecular formula is C10H14O. The summed E-state index contributed by atoms with van der Waals surface area (Å²) in [4.78, 5) is 0. The van der Waals surface area contributed by atoms with Crippen LogP contribution in [0.3, 0.4) is 0 Å². The number of rotatable bonds is 0. The highest BCUT2D eigenvalue weighted by molar-refractivity contribution is 5.17. The number of aliphatic hydroxyl groups excluding tert-OH is 1. The van der Waals surface area contributed by atoms with Gasteiger partial charge in [0.25, 0.3) is 0 Å². The Morgan fingerprint density at radius 3 is 1.82 bits per heavy atom. The van der Waals surface area contributed by atoms with E-state index in [2.05, 4.69) is 0 Å². The SMILES string of the molecule is OC1C2CC3CC4CC1C3C42. The zero-order valence-corrected chi connectivity index (χ0v) is 6.61. The van der Waals surface area contributed by atoms with Crippen molar-refractivity contribution in [1.29, 1.82) is 0 Å². The first-order valence-corrected chi connectivity index (χ1v) is 5.04. The summed E-state index contributed by atoms with van der Waals surface area (Å²) < 4.78 is 0. The van der Waals surface area contributed by atoms with Crippen LogP contribution in [0.25, 0.3) is 0 Å². The van der Waals surface area contributed by atoms with E-state index >= 15 is 0 Å². The standard InChI is InChI=1S/C10H14O/c11-10-6-2-4-1-5-3-7(10)8(4)9(5)6/h4-11H,1-3H2. The van der Waals surface area contributed by atoms with Crippen molar-refractivity contribution in [3.63, 3.8) is 0 Å². The zero-order valence-electron chi connectivity index (χ0n) is 6.61. The Morgan fingerprint density at radius 2 is 1.36 bits per heavy atom. The molecule has 0 aromatic rings. The molecule has 6 unspecified atom stereocenters. The van der Waals surface area contributed by atoms with Gasteiger partial charge >= 0.3 is 0 Å². The van der Waals surface area contributed by atoms with Gasteiger partial charge < -0.3 is 5.11 Å². The average molecular weight is 150 g/mol. The van der Waals surface area contributed by atoms with Gasteiger partial charge in [-0.05, 0) is 54.8 Å². The molecule has 11 heavy (non-hydrogen) atoms. The van der Waals surface area contributed by atoms with Crippen molar-refractivity contribution in [2.45, 2.75) is 25.4 Å². The Bertz CT molecular complexity index is 203. The van der Waals surface area contributed by atoms with Gasteiger partial charge in [0.05, 0.1) is 6.10 Å². The summed E-state index contributed by atoms with van der Waals surface area (Å²) >= 11 is 0. The molecule has 0 amide bonds. The third-order valence-corrected chi connectivity index (χ3v) is 5.15. The van der Waals surface area contributed by atoms with E-state index in [9.17, 15) is 5.11 Å². The lowest BCUT2D eigenvalue weighted by Gasteiger charge is -2.40. The molecule has 60 valence electrons. The summed E-state index contributed by atoms with van der Waals surface area (Å²) in [5.74, 6) is 5.58. The Hall–Kier alpha value is -0.0400. The van der Waals surface area contributed by atoms with Crippen molar-refractivity contribution >= 4 is 0 Å². The molecular weight excluding hydrogens is 136 g/mol. The predicted octanol–water partition coefficient (Wildman–Crippen LogP) is 1.27. The minimum Gasteiger partial charge on any atom is -0.393 e. The lowest BCUT2D eigenvalue weighted by atomic mass is 9.67. The fourth-order valence-corrected chi connectivity index (χ4v) is 5.17. The molecule has 0 aromatic heterocycles. The summed E-state index contributed by atoms with van der Waals surface area (Å²) in [7, 11) is 0. The van der Waals surface area contributed by atoms with Gasteiger partial charge in [0.1, 0.15) is 0 Å². The van der Waals surface area contributed by atoms with Gasteiger partial charge in [-0.15, -0.1) is 0 Å². The Labute approximate surface area is 66.8 Å². The van der Waals surface area contributed by atoms with Crippen LogP contribution in [0, 0.1) is 35.5 Å². The summed E-state index contributed by atoms with van der Waals surface area (Å²) in [5, 5.41) is 9.85. The van der Waals surface area contributed by atoms with E-state index in [1.54, 1.807) is 0 Å². The van der Waals surface area contributed by atoms with Crippen LogP contribution in [0.2, 0.25) is 0 Å². The third kappa shape index (κ3) is 0.395. The van der Waals surface area contributed by atoms with Gasteiger partial charge in [-0.1, -0.05) is 0 Å². The maximum Gasteiger partial charge on any atom is 0.0602 e. The molecule has 1 heteroatoms. The fourth-order valence-electron chi connectivity index (χ4n) is 5.17. The van der Waals surface area contributed by atoms with Gasteiger partial charge in [-0.3, -0.25) is 0 Å². The van der Waals surface area contributed by atoms with Crippen LogP contribution in [0.5, 0.6) is 0 Å². The molecule has 6 bridgehead atoms. The minimum atomic E-state index is 0.123. The molecule has 0 radical (unpaired) electrons. The fraction of sp³-hybridized carbons (Fsp3) is 1.00. The third-order valence-electron chi connectivity index (χ3n) is 5.15. The zero-order chi connectivity index (χ0) is 7.16. The molecule has 4 saturated carbocycles. The van der Waals surface area contributed by atoms with Gasteiger partial charge in [0, 0.05) is 0 Å². The molecule has 0 aliphatic heterocycles. The second-order valence-electron chi connectivity index (χ2n) is 5.20. The summed E-state index contributed by atoms with van der Waals surface area (Å²) in [6.45, 7) is 0. The molecule has 4 aliphatic rings. The molecule has 6 atom stereocenters. The molecule has 4 rings (SSSR count). The van der Waals surface area contributed by atoms with Crippen LogP contribution >= 0.6 is 0 Å². The van der Waals surface area contributed by atoms with Gasteiger partial charge in [-0.25, -0.2) is 0 Å². The molecule has 1 nitrogen and oxygen atoms in total. The summed E-state index contributed by atoms with van der Waals surface area (Å²) in [6.07, 6.45) is 4.40. The second kappa shape index (κ2) is 1.39. The molecule has 0 aromatic carbocycles. The molecule has 0 heterocycles. The molecule has 4 fully saturated rings. The minimum absolute atomic E-state index is 0.123. The first-order chi connectivity index (χ1) is 5.36. The number of hydrogen-bond donors (Lipinski definition) is 1. The average Bonchev–Trinajstić information content (AvgIpc) is 2.65. The van der Waals surface area contributed by atoms with E-state index < -0.39 is 0 Å². The summed E-state index contributed by atoms with van der Waals surface area (Å²) in [5.41, 5.74) is 0. The quantitative estimate of drug-likeness (QED) is 0.551. The summed E-state index contributed by atoms with van der Waals surface area (Å²) in [6, 6.07) is 0. The Balaban J connectivity index is 1.91. The first kappa shape index (κ1) is 5.58. The lowest BCUT2D eigenvalue weighted by molar-refractivity contribution is -0.0173. The topological polar surface area (TPSA) is 20.2 Å². The Kier molecular flexibility index (Phi) is 0.706.